The number of fused-ring (bicyclic) bond motifs is 1. The lowest BCUT2D eigenvalue weighted by Crippen LogP contribution is -2.36. The highest BCUT2D eigenvalue weighted by molar-refractivity contribution is 6.46. The molecule has 2 atom stereocenters. The first-order valence-electron chi connectivity index (χ1n) is 7.41. The van der Waals surface area contributed by atoms with Gasteiger partial charge in [0.15, 0.2) is 5.71 Å². The quantitative estimate of drug-likeness (QED) is 0.655. The highest BCUT2D eigenvalue weighted by Crippen LogP contribution is 2.31. The minimum absolute atomic E-state index is 0.0402. The number of hydrazone groups is 1. The number of anilines is 1. The summed E-state index contributed by atoms with van der Waals surface area (Å²) in [4.78, 5) is 38.2. The third-order valence-electron chi connectivity index (χ3n) is 4.16. The largest absolute Gasteiger partial charge is 0.461 e. The van der Waals surface area contributed by atoms with Gasteiger partial charge in [-0.15, -0.1) is 0 Å². The summed E-state index contributed by atoms with van der Waals surface area (Å²) in [5, 5.41) is 3.82. The van der Waals surface area contributed by atoms with Gasteiger partial charge >= 0.3 is 5.97 Å². The number of carbonyl (C=O) groups excluding carboxylic acids is 3. The van der Waals surface area contributed by atoms with Crippen LogP contribution in [0.5, 0.6) is 0 Å². The third kappa shape index (κ3) is 2.28. The summed E-state index contributed by atoms with van der Waals surface area (Å²) in [6, 6.07) is 4.52. The zero-order valence-electron chi connectivity index (χ0n) is 13.1. The zero-order chi connectivity index (χ0) is 16.7. The van der Waals surface area contributed by atoms with Crippen LogP contribution >= 0.6 is 0 Å². The number of aryl methyl sites for hydroxylation is 2. The van der Waals surface area contributed by atoms with Crippen LogP contribution in [-0.4, -0.2) is 36.1 Å². The molecule has 23 heavy (non-hydrogen) atoms. The number of esters is 1. The van der Waals surface area contributed by atoms with E-state index in [1.165, 1.54) is 0 Å². The highest BCUT2D eigenvalue weighted by atomic mass is 16.5. The molecule has 0 spiro atoms. The molecule has 120 valence electrons. The van der Waals surface area contributed by atoms with E-state index >= 15 is 0 Å². The van der Waals surface area contributed by atoms with Crippen molar-refractivity contribution in [3.05, 3.63) is 29.3 Å². The van der Waals surface area contributed by atoms with E-state index in [9.17, 15) is 14.4 Å². The Labute approximate surface area is 133 Å². The second kappa shape index (κ2) is 5.49. The lowest BCUT2D eigenvalue weighted by Gasteiger charge is -2.17. The van der Waals surface area contributed by atoms with Crippen molar-refractivity contribution in [3.8, 4) is 0 Å². The predicted molar refractivity (Wildman–Crippen MR) is 82.9 cm³/mol. The molecule has 0 saturated carbocycles. The Morgan fingerprint density at radius 1 is 1.26 bits per heavy atom. The first-order chi connectivity index (χ1) is 11.0. The van der Waals surface area contributed by atoms with Crippen molar-refractivity contribution in [3.63, 3.8) is 0 Å². The van der Waals surface area contributed by atoms with E-state index in [-0.39, 0.29) is 12.3 Å². The first kappa shape index (κ1) is 15.2. The summed E-state index contributed by atoms with van der Waals surface area (Å²) < 4.78 is 4.90. The standard InChI is InChI=1S/C16H17N3O4/c1-4-23-16(22)13-11-12(17-18-13)15(21)19(14(11)20)10-6-5-8(2)9(3)7-10/h5-7,11-12,17H,4H2,1-3H3/t11-,12-/m1/s1. The summed E-state index contributed by atoms with van der Waals surface area (Å²) in [5.74, 6) is -2.47. The molecule has 2 heterocycles. The molecule has 2 aliphatic rings. The van der Waals surface area contributed by atoms with E-state index in [4.69, 9.17) is 4.74 Å². The molecule has 0 aromatic heterocycles. The van der Waals surface area contributed by atoms with Gasteiger partial charge in [-0.25, -0.2) is 9.69 Å². The molecule has 0 aliphatic carbocycles. The van der Waals surface area contributed by atoms with E-state index in [0.29, 0.717) is 5.69 Å². The van der Waals surface area contributed by atoms with Gasteiger partial charge < -0.3 is 4.74 Å². The van der Waals surface area contributed by atoms with Crippen molar-refractivity contribution < 1.29 is 19.1 Å². The Hall–Kier alpha value is -2.70. The fraction of sp³-hybridized carbons (Fsp3) is 0.375. The average Bonchev–Trinajstić information content (AvgIpc) is 3.04. The minimum atomic E-state index is -0.928. The van der Waals surface area contributed by atoms with Gasteiger partial charge in [-0.1, -0.05) is 6.07 Å². The van der Waals surface area contributed by atoms with E-state index in [0.717, 1.165) is 16.0 Å². The number of nitrogens with zero attached hydrogens (tertiary/aromatic N) is 2. The van der Waals surface area contributed by atoms with Crippen LogP contribution in [-0.2, 0) is 19.1 Å². The summed E-state index contributed by atoms with van der Waals surface area (Å²) in [7, 11) is 0. The number of imide groups is 1. The van der Waals surface area contributed by atoms with Gasteiger partial charge in [0.05, 0.1) is 12.3 Å². The number of rotatable bonds is 3. The van der Waals surface area contributed by atoms with Crippen molar-refractivity contribution in [2.45, 2.75) is 26.8 Å². The molecule has 0 radical (unpaired) electrons. The van der Waals surface area contributed by atoms with Gasteiger partial charge in [-0.3, -0.25) is 15.0 Å². The van der Waals surface area contributed by atoms with E-state index in [2.05, 4.69) is 10.5 Å². The zero-order valence-corrected chi connectivity index (χ0v) is 13.1. The minimum Gasteiger partial charge on any atom is -0.461 e. The third-order valence-corrected chi connectivity index (χ3v) is 4.16. The lowest BCUT2D eigenvalue weighted by molar-refractivity contribution is -0.136. The van der Waals surface area contributed by atoms with E-state index in [1.54, 1.807) is 19.1 Å². The fourth-order valence-electron chi connectivity index (χ4n) is 2.78. The van der Waals surface area contributed by atoms with E-state index in [1.807, 2.05) is 19.9 Å². The molecule has 0 unspecified atom stereocenters. The van der Waals surface area contributed by atoms with Crippen LogP contribution in [0.3, 0.4) is 0 Å². The maximum Gasteiger partial charge on any atom is 0.355 e. The summed E-state index contributed by atoms with van der Waals surface area (Å²) in [5.41, 5.74) is 5.10. The van der Waals surface area contributed by atoms with Gasteiger partial charge in [0.2, 0.25) is 5.91 Å². The van der Waals surface area contributed by atoms with Crippen LogP contribution in [0.25, 0.3) is 0 Å². The molecular weight excluding hydrogens is 298 g/mol. The van der Waals surface area contributed by atoms with Gasteiger partial charge in [0, 0.05) is 0 Å². The molecule has 7 nitrogen and oxygen atoms in total. The normalized spacial score (nSPS) is 22.7. The number of hydrogen-bond acceptors (Lipinski definition) is 6. The van der Waals surface area contributed by atoms with Crippen LogP contribution in [0.4, 0.5) is 5.69 Å². The van der Waals surface area contributed by atoms with Crippen LogP contribution in [0.2, 0.25) is 0 Å². The van der Waals surface area contributed by atoms with Gasteiger partial charge in [0.1, 0.15) is 12.0 Å². The number of carbonyl (C=O) groups is 3. The molecular formula is C16H17N3O4. The molecule has 1 aromatic carbocycles. The topological polar surface area (TPSA) is 88.1 Å². The summed E-state index contributed by atoms with van der Waals surface area (Å²) >= 11 is 0. The Kier molecular flexibility index (Phi) is 3.63. The number of nitrogens with one attached hydrogen (secondary N) is 1. The first-order valence-corrected chi connectivity index (χ1v) is 7.41. The smallest absolute Gasteiger partial charge is 0.355 e. The Morgan fingerprint density at radius 2 is 2.00 bits per heavy atom. The Bertz CT molecular complexity index is 741. The van der Waals surface area contributed by atoms with Crippen LogP contribution in [0, 0.1) is 19.8 Å². The second-order valence-electron chi connectivity index (χ2n) is 5.58. The van der Waals surface area contributed by atoms with E-state index < -0.39 is 29.7 Å². The van der Waals surface area contributed by atoms with Crippen molar-refractivity contribution in [1.29, 1.82) is 0 Å². The summed E-state index contributed by atoms with van der Waals surface area (Å²) in [6.07, 6.45) is 0. The highest BCUT2D eigenvalue weighted by Gasteiger charge is 2.55. The lowest BCUT2D eigenvalue weighted by atomic mass is 9.99. The number of ether oxygens (including phenoxy) is 1. The Balaban J connectivity index is 1.93. The van der Waals surface area contributed by atoms with Crippen LogP contribution < -0.4 is 10.3 Å². The molecule has 7 heteroatoms. The molecule has 1 saturated heterocycles. The number of hydrogen-bond donors (Lipinski definition) is 1. The Morgan fingerprint density at radius 3 is 2.65 bits per heavy atom. The fourth-order valence-corrected chi connectivity index (χ4v) is 2.78. The molecule has 2 amide bonds. The van der Waals surface area contributed by atoms with Crippen LogP contribution in [0.1, 0.15) is 18.1 Å². The van der Waals surface area contributed by atoms with Crippen molar-refractivity contribution in [2.75, 3.05) is 11.5 Å². The average molecular weight is 315 g/mol. The number of amides is 2. The predicted octanol–water partition coefficient (Wildman–Crippen LogP) is 0.684. The van der Waals surface area contributed by atoms with Gasteiger partial charge in [0.25, 0.3) is 5.91 Å². The maximum atomic E-state index is 12.7. The van der Waals surface area contributed by atoms with Crippen molar-refractivity contribution in [2.24, 2.45) is 11.0 Å². The molecule has 1 N–H and O–H groups in total. The molecule has 1 aromatic rings. The molecule has 1 fully saturated rings. The second-order valence-corrected chi connectivity index (χ2v) is 5.58. The molecule has 2 aliphatic heterocycles. The van der Waals surface area contributed by atoms with Crippen molar-refractivity contribution in [1.82, 2.24) is 5.43 Å². The van der Waals surface area contributed by atoms with Gasteiger partial charge in [-0.05, 0) is 44.0 Å². The SMILES string of the molecule is CCOC(=O)C1=NN[C@H]2C(=O)N(c3ccc(C)c(C)c3)C(=O)[C@@H]12. The molecule has 3 rings (SSSR count). The van der Waals surface area contributed by atoms with Crippen molar-refractivity contribution >= 4 is 29.2 Å². The maximum absolute atomic E-state index is 12.7. The van der Waals surface area contributed by atoms with Crippen LogP contribution in [0.15, 0.2) is 23.3 Å². The molecule has 0 bridgehead atoms. The monoisotopic (exact) mass is 315 g/mol. The summed E-state index contributed by atoms with van der Waals surface area (Å²) in [6.45, 7) is 5.71. The van der Waals surface area contributed by atoms with Gasteiger partial charge in [-0.2, -0.15) is 5.10 Å². The number of benzene rings is 1.